The molecule has 2 heterocycles. The van der Waals surface area contributed by atoms with E-state index in [1.165, 1.54) is 16.3 Å². The summed E-state index contributed by atoms with van der Waals surface area (Å²) in [5.41, 5.74) is 19.0. The molecular formula is C67H46N4. The van der Waals surface area contributed by atoms with E-state index in [1.54, 1.807) is 0 Å². The average Bonchev–Trinajstić information content (AvgIpc) is 3.45. The zero-order valence-electron chi connectivity index (χ0n) is 39.1. The summed E-state index contributed by atoms with van der Waals surface area (Å²) in [7, 11) is 0. The Morgan fingerprint density at radius 2 is 0.521 bits per heavy atom. The summed E-state index contributed by atoms with van der Waals surface area (Å²) in [6.07, 6.45) is 0. The fourth-order valence-corrected chi connectivity index (χ4v) is 9.29. The maximum absolute atomic E-state index is 5.31. The van der Waals surface area contributed by atoms with Crippen LogP contribution in [0.25, 0.3) is 123 Å². The molecule has 12 aromatic rings. The predicted molar refractivity (Wildman–Crippen MR) is 294 cm³/mol. The highest BCUT2D eigenvalue weighted by Gasteiger charge is 2.17. The number of aryl methyl sites for hydroxylation is 1. The zero-order valence-corrected chi connectivity index (χ0v) is 39.1. The number of fused-ring (bicyclic) bond motifs is 1. The molecule has 0 amide bonds. The van der Waals surface area contributed by atoms with Crippen molar-refractivity contribution in [3.05, 3.63) is 266 Å². The van der Waals surface area contributed by atoms with Gasteiger partial charge in [0.2, 0.25) is 0 Å². The summed E-state index contributed by atoms with van der Waals surface area (Å²) in [6, 6.07) is 92.0. The highest BCUT2D eigenvalue weighted by molar-refractivity contribution is 5.88. The molecule has 4 nitrogen and oxygen atoms in total. The lowest BCUT2D eigenvalue weighted by atomic mass is 9.94. The second-order valence-corrected chi connectivity index (χ2v) is 18.0. The SMILES string of the molecule is Cc1ccc(-c2cc(-c3ccc(-c4cc(-c5ccccc5)cc(-c5ccc6ccccc6c5)n4)cc3)cc(-c3nc(-c4ccc(-c5ccccc5)cc4)nc(-c4ccc(-c5ccccc5)cc4)n3)c2)cc1. The predicted octanol–water partition coefficient (Wildman–Crippen LogP) is 17.4. The van der Waals surface area contributed by atoms with Crippen LogP contribution in [0.15, 0.2) is 261 Å². The summed E-state index contributed by atoms with van der Waals surface area (Å²) in [4.78, 5) is 21.0. The molecule has 4 heteroatoms. The Kier molecular flexibility index (Phi) is 11.5. The Morgan fingerprint density at radius 1 is 0.197 bits per heavy atom. The number of hydrogen-bond donors (Lipinski definition) is 0. The summed E-state index contributed by atoms with van der Waals surface area (Å²) in [6.45, 7) is 2.12. The molecule has 0 saturated heterocycles. The van der Waals surface area contributed by atoms with Crippen LogP contribution >= 0.6 is 0 Å². The highest BCUT2D eigenvalue weighted by Crippen LogP contribution is 2.37. The van der Waals surface area contributed by atoms with Crippen molar-refractivity contribution < 1.29 is 0 Å². The van der Waals surface area contributed by atoms with Gasteiger partial charge in [0.05, 0.1) is 11.4 Å². The summed E-state index contributed by atoms with van der Waals surface area (Å²) in [5.74, 6) is 1.81. The van der Waals surface area contributed by atoms with E-state index in [2.05, 4.69) is 256 Å². The number of benzene rings is 10. The Balaban J connectivity index is 0.965. The molecule has 10 aromatic carbocycles. The van der Waals surface area contributed by atoms with Gasteiger partial charge in [-0.05, 0) is 110 Å². The molecule has 2 aromatic heterocycles. The van der Waals surface area contributed by atoms with Gasteiger partial charge in [0.1, 0.15) is 0 Å². The first-order valence-electron chi connectivity index (χ1n) is 24.0. The first kappa shape index (κ1) is 42.9. The van der Waals surface area contributed by atoms with Gasteiger partial charge in [-0.3, -0.25) is 0 Å². The van der Waals surface area contributed by atoms with Gasteiger partial charge in [0, 0.05) is 27.8 Å². The summed E-state index contributed by atoms with van der Waals surface area (Å²) >= 11 is 0. The molecule has 0 aliphatic rings. The van der Waals surface area contributed by atoms with Crippen LogP contribution in [0.3, 0.4) is 0 Å². The monoisotopic (exact) mass is 906 g/mol. The minimum absolute atomic E-state index is 0.597. The number of hydrogen-bond acceptors (Lipinski definition) is 4. The van der Waals surface area contributed by atoms with E-state index >= 15 is 0 Å². The Labute approximate surface area is 414 Å². The molecule has 0 atom stereocenters. The Bertz CT molecular complexity index is 3710. The highest BCUT2D eigenvalue weighted by atomic mass is 15.0. The quantitative estimate of drug-likeness (QED) is 0.137. The van der Waals surface area contributed by atoms with Crippen LogP contribution in [0.1, 0.15) is 5.56 Å². The minimum Gasteiger partial charge on any atom is -0.248 e. The lowest BCUT2D eigenvalue weighted by Gasteiger charge is -2.14. The van der Waals surface area contributed by atoms with Crippen molar-refractivity contribution in [1.29, 1.82) is 0 Å². The van der Waals surface area contributed by atoms with Crippen molar-refractivity contribution >= 4 is 10.8 Å². The molecule has 0 radical (unpaired) electrons. The van der Waals surface area contributed by atoms with Gasteiger partial charge in [0.25, 0.3) is 0 Å². The first-order valence-corrected chi connectivity index (χ1v) is 24.0. The molecular weight excluding hydrogens is 861 g/mol. The standard InChI is InChI=1S/C67H46N4/c1-45-21-23-52(24-22-45)59-40-60(53-25-32-54(33-26-53)63-43-61(48-17-9-4-10-18-48)44-64(68-63)58-38-31-49-19-11-12-20-57(49)39-58)42-62(41-59)67-70-65(55-34-27-50(28-35-55)46-13-5-2-6-14-46)69-66(71-67)56-36-29-51(30-37-56)47-15-7-3-8-16-47/h2-44H,1H3. The lowest BCUT2D eigenvalue weighted by molar-refractivity contribution is 1.07. The Morgan fingerprint density at radius 3 is 1.03 bits per heavy atom. The lowest BCUT2D eigenvalue weighted by Crippen LogP contribution is -2.01. The van der Waals surface area contributed by atoms with Crippen LogP contribution in [0.2, 0.25) is 0 Å². The van der Waals surface area contributed by atoms with Crippen LogP contribution in [0, 0.1) is 6.92 Å². The van der Waals surface area contributed by atoms with E-state index in [4.69, 9.17) is 19.9 Å². The number of nitrogens with zero attached hydrogens (tertiary/aromatic N) is 4. The van der Waals surface area contributed by atoms with Crippen LogP contribution in [0.4, 0.5) is 0 Å². The van der Waals surface area contributed by atoms with E-state index in [0.717, 1.165) is 94.8 Å². The third-order valence-electron chi connectivity index (χ3n) is 13.2. The van der Waals surface area contributed by atoms with Gasteiger partial charge < -0.3 is 0 Å². The second kappa shape index (κ2) is 19.0. The van der Waals surface area contributed by atoms with Gasteiger partial charge in [-0.25, -0.2) is 19.9 Å². The fourth-order valence-electron chi connectivity index (χ4n) is 9.29. The number of rotatable bonds is 10. The van der Waals surface area contributed by atoms with Crippen molar-refractivity contribution in [3.63, 3.8) is 0 Å². The van der Waals surface area contributed by atoms with Gasteiger partial charge >= 0.3 is 0 Å². The zero-order chi connectivity index (χ0) is 47.5. The fraction of sp³-hybridized carbons (Fsp3) is 0.0149. The van der Waals surface area contributed by atoms with Gasteiger partial charge in [-0.15, -0.1) is 0 Å². The summed E-state index contributed by atoms with van der Waals surface area (Å²) < 4.78 is 0. The molecule has 0 N–H and O–H groups in total. The number of pyridine rings is 1. The second-order valence-electron chi connectivity index (χ2n) is 18.0. The largest absolute Gasteiger partial charge is 0.248 e. The third kappa shape index (κ3) is 9.18. The maximum Gasteiger partial charge on any atom is 0.164 e. The van der Waals surface area contributed by atoms with Gasteiger partial charge in [0.15, 0.2) is 17.5 Å². The van der Waals surface area contributed by atoms with Crippen molar-refractivity contribution in [2.75, 3.05) is 0 Å². The number of aromatic nitrogens is 4. The summed E-state index contributed by atoms with van der Waals surface area (Å²) in [5, 5.41) is 2.40. The maximum atomic E-state index is 5.31. The minimum atomic E-state index is 0.597. The molecule has 0 saturated carbocycles. The molecule has 0 unspecified atom stereocenters. The van der Waals surface area contributed by atoms with Crippen LogP contribution in [-0.2, 0) is 0 Å². The molecule has 12 rings (SSSR count). The van der Waals surface area contributed by atoms with Crippen molar-refractivity contribution in [2.45, 2.75) is 6.92 Å². The van der Waals surface area contributed by atoms with Gasteiger partial charge in [-0.1, -0.05) is 230 Å². The van der Waals surface area contributed by atoms with E-state index in [9.17, 15) is 0 Å². The molecule has 334 valence electrons. The molecule has 0 aliphatic carbocycles. The van der Waals surface area contributed by atoms with E-state index < -0.39 is 0 Å². The molecule has 0 spiro atoms. The third-order valence-corrected chi connectivity index (χ3v) is 13.2. The van der Waals surface area contributed by atoms with Crippen molar-refractivity contribution in [1.82, 2.24) is 19.9 Å². The molecule has 71 heavy (non-hydrogen) atoms. The molecule has 0 aliphatic heterocycles. The first-order chi connectivity index (χ1) is 35.0. The van der Waals surface area contributed by atoms with Crippen molar-refractivity contribution in [3.8, 4) is 112 Å². The molecule has 0 fully saturated rings. The van der Waals surface area contributed by atoms with Gasteiger partial charge in [-0.2, -0.15) is 0 Å². The topological polar surface area (TPSA) is 51.6 Å². The van der Waals surface area contributed by atoms with Crippen LogP contribution in [-0.4, -0.2) is 19.9 Å². The smallest absolute Gasteiger partial charge is 0.164 e. The van der Waals surface area contributed by atoms with E-state index in [-0.39, 0.29) is 0 Å². The normalized spacial score (nSPS) is 11.2. The molecule has 0 bridgehead atoms. The van der Waals surface area contributed by atoms with Crippen LogP contribution in [0.5, 0.6) is 0 Å². The van der Waals surface area contributed by atoms with E-state index in [1.807, 2.05) is 12.1 Å². The van der Waals surface area contributed by atoms with Crippen molar-refractivity contribution in [2.24, 2.45) is 0 Å². The van der Waals surface area contributed by atoms with E-state index in [0.29, 0.717) is 17.5 Å². The van der Waals surface area contributed by atoms with Crippen LogP contribution < -0.4 is 0 Å². The average molecular weight is 907 g/mol. The Hall–Kier alpha value is -9.38.